The zero-order valence-corrected chi connectivity index (χ0v) is 7.72. The molecule has 12 heavy (non-hydrogen) atoms. The summed E-state index contributed by atoms with van der Waals surface area (Å²) in [7, 11) is 0. The van der Waals surface area contributed by atoms with Gasteiger partial charge >= 0.3 is 0 Å². The van der Waals surface area contributed by atoms with Crippen molar-refractivity contribution >= 4 is 6.08 Å². The van der Waals surface area contributed by atoms with Crippen molar-refractivity contribution in [3.05, 3.63) is 22.6 Å². The van der Waals surface area contributed by atoms with Gasteiger partial charge in [0.05, 0.1) is 5.69 Å². The summed E-state index contributed by atoms with van der Waals surface area (Å²) < 4.78 is 5.01. The molecule has 0 spiro atoms. The third-order valence-electron chi connectivity index (χ3n) is 1.80. The topological polar surface area (TPSA) is 52.0 Å². The summed E-state index contributed by atoms with van der Waals surface area (Å²) in [5.41, 5.74) is 8.57. The van der Waals surface area contributed by atoms with Gasteiger partial charge in [-0.25, -0.2) is 0 Å². The largest absolute Gasteiger partial charge is 0.361 e. The first-order chi connectivity index (χ1) is 5.65. The van der Waals surface area contributed by atoms with Crippen LogP contribution < -0.4 is 5.73 Å². The molecular weight excluding hydrogens is 152 g/mol. The number of hydrogen-bond donors (Lipinski definition) is 1. The minimum absolute atomic E-state index is 0.573. The molecule has 0 radical (unpaired) electrons. The van der Waals surface area contributed by atoms with Crippen LogP contribution in [-0.2, 0) is 0 Å². The molecule has 1 aromatic rings. The standard InChI is InChI=1S/C9H14N2O/c1-6(5-10)4-9-7(2)11-12-8(9)3/h4H,5,10H2,1-3H3. The van der Waals surface area contributed by atoms with Gasteiger partial charge in [-0.2, -0.15) is 0 Å². The second-order valence-electron chi connectivity index (χ2n) is 2.93. The molecule has 2 N–H and O–H groups in total. The summed E-state index contributed by atoms with van der Waals surface area (Å²) in [4.78, 5) is 0. The maximum atomic E-state index is 5.47. The van der Waals surface area contributed by atoms with Crippen molar-refractivity contribution in [1.29, 1.82) is 0 Å². The van der Waals surface area contributed by atoms with E-state index < -0.39 is 0 Å². The second-order valence-corrected chi connectivity index (χ2v) is 2.93. The minimum Gasteiger partial charge on any atom is -0.361 e. The number of nitrogens with zero attached hydrogens (tertiary/aromatic N) is 1. The van der Waals surface area contributed by atoms with E-state index in [4.69, 9.17) is 10.3 Å². The first-order valence-corrected chi connectivity index (χ1v) is 3.95. The molecule has 0 aromatic carbocycles. The predicted molar refractivity (Wildman–Crippen MR) is 48.7 cm³/mol. The third-order valence-corrected chi connectivity index (χ3v) is 1.80. The highest BCUT2D eigenvalue weighted by molar-refractivity contribution is 5.56. The smallest absolute Gasteiger partial charge is 0.141 e. The summed E-state index contributed by atoms with van der Waals surface area (Å²) in [6, 6.07) is 0. The Morgan fingerprint density at radius 3 is 2.67 bits per heavy atom. The molecule has 3 heteroatoms. The SMILES string of the molecule is CC(=Cc1c(C)noc1C)CN. The highest BCUT2D eigenvalue weighted by Crippen LogP contribution is 2.15. The Hall–Kier alpha value is -1.09. The molecule has 0 unspecified atom stereocenters. The molecular formula is C9H14N2O. The number of aromatic nitrogens is 1. The average molecular weight is 166 g/mol. The van der Waals surface area contributed by atoms with Crippen LogP contribution in [0.15, 0.2) is 10.1 Å². The summed E-state index contributed by atoms with van der Waals surface area (Å²) in [5, 5.41) is 3.84. The summed E-state index contributed by atoms with van der Waals surface area (Å²) in [5.74, 6) is 0.848. The molecule has 0 saturated heterocycles. The summed E-state index contributed by atoms with van der Waals surface area (Å²) >= 11 is 0. The van der Waals surface area contributed by atoms with Crippen LogP contribution in [0.3, 0.4) is 0 Å². The van der Waals surface area contributed by atoms with Crippen LogP contribution in [0, 0.1) is 13.8 Å². The Morgan fingerprint density at radius 1 is 1.58 bits per heavy atom. The maximum Gasteiger partial charge on any atom is 0.141 e. The van der Waals surface area contributed by atoms with Gasteiger partial charge in [0, 0.05) is 12.1 Å². The molecule has 0 aliphatic carbocycles. The Kier molecular flexibility index (Phi) is 2.65. The van der Waals surface area contributed by atoms with Crippen LogP contribution in [0.2, 0.25) is 0 Å². The molecule has 0 atom stereocenters. The van der Waals surface area contributed by atoms with Gasteiger partial charge in [-0.15, -0.1) is 0 Å². The van der Waals surface area contributed by atoms with Crippen LogP contribution in [0.5, 0.6) is 0 Å². The lowest BCUT2D eigenvalue weighted by molar-refractivity contribution is 0.393. The Bertz CT molecular complexity index is 280. The van der Waals surface area contributed by atoms with E-state index >= 15 is 0 Å². The van der Waals surface area contributed by atoms with E-state index in [1.165, 1.54) is 0 Å². The van der Waals surface area contributed by atoms with E-state index in [1.54, 1.807) is 0 Å². The number of rotatable bonds is 2. The van der Waals surface area contributed by atoms with E-state index in [2.05, 4.69) is 5.16 Å². The van der Waals surface area contributed by atoms with E-state index in [0.717, 1.165) is 22.6 Å². The fourth-order valence-electron chi connectivity index (χ4n) is 1.00. The Labute approximate surface area is 72.2 Å². The molecule has 0 fully saturated rings. The van der Waals surface area contributed by atoms with Gasteiger partial charge in [0.2, 0.25) is 0 Å². The Balaban J connectivity index is 3.02. The quantitative estimate of drug-likeness (QED) is 0.726. The highest BCUT2D eigenvalue weighted by Gasteiger charge is 2.05. The fraction of sp³-hybridized carbons (Fsp3) is 0.444. The zero-order valence-electron chi connectivity index (χ0n) is 7.72. The zero-order chi connectivity index (χ0) is 9.14. The lowest BCUT2D eigenvalue weighted by Gasteiger charge is -1.94. The van der Waals surface area contributed by atoms with E-state index in [1.807, 2.05) is 26.8 Å². The van der Waals surface area contributed by atoms with Crippen molar-refractivity contribution in [2.24, 2.45) is 5.73 Å². The Morgan fingerprint density at radius 2 is 2.25 bits per heavy atom. The van der Waals surface area contributed by atoms with Crippen LogP contribution >= 0.6 is 0 Å². The summed E-state index contributed by atoms with van der Waals surface area (Å²) in [6.45, 7) is 6.39. The lowest BCUT2D eigenvalue weighted by atomic mass is 10.1. The van der Waals surface area contributed by atoms with Crippen molar-refractivity contribution < 1.29 is 4.52 Å². The first kappa shape index (κ1) is 9.00. The van der Waals surface area contributed by atoms with Gasteiger partial charge < -0.3 is 10.3 Å². The van der Waals surface area contributed by atoms with E-state index in [-0.39, 0.29) is 0 Å². The van der Waals surface area contributed by atoms with Gasteiger partial charge in [-0.1, -0.05) is 10.7 Å². The molecule has 0 amide bonds. The number of hydrogen-bond acceptors (Lipinski definition) is 3. The average Bonchev–Trinajstić information content (AvgIpc) is 2.35. The lowest BCUT2D eigenvalue weighted by Crippen LogP contribution is -1.99. The van der Waals surface area contributed by atoms with Crippen LogP contribution in [0.4, 0.5) is 0 Å². The molecule has 0 saturated carbocycles. The van der Waals surface area contributed by atoms with Crippen molar-refractivity contribution in [2.45, 2.75) is 20.8 Å². The molecule has 1 rings (SSSR count). The van der Waals surface area contributed by atoms with Crippen LogP contribution in [0.1, 0.15) is 23.9 Å². The normalized spacial score (nSPS) is 12.2. The molecule has 66 valence electrons. The first-order valence-electron chi connectivity index (χ1n) is 3.95. The maximum absolute atomic E-state index is 5.47. The van der Waals surface area contributed by atoms with Gasteiger partial charge in [-0.3, -0.25) is 0 Å². The molecule has 1 aromatic heterocycles. The van der Waals surface area contributed by atoms with Crippen molar-refractivity contribution in [1.82, 2.24) is 5.16 Å². The van der Waals surface area contributed by atoms with Gasteiger partial charge in [0.25, 0.3) is 0 Å². The highest BCUT2D eigenvalue weighted by atomic mass is 16.5. The van der Waals surface area contributed by atoms with Gasteiger partial charge in [-0.05, 0) is 26.8 Å². The van der Waals surface area contributed by atoms with Gasteiger partial charge in [0.15, 0.2) is 0 Å². The number of aryl methyl sites for hydroxylation is 2. The molecule has 1 heterocycles. The van der Waals surface area contributed by atoms with Gasteiger partial charge in [0.1, 0.15) is 5.76 Å². The van der Waals surface area contributed by atoms with E-state index in [0.29, 0.717) is 6.54 Å². The number of nitrogens with two attached hydrogens (primary N) is 1. The second kappa shape index (κ2) is 3.54. The van der Waals surface area contributed by atoms with Crippen LogP contribution in [0.25, 0.3) is 6.08 Å². The molecule has 0 bridgehead atoms. The predicted octanol–water partition coefficient (Wildman–Crippen LogP) is 1.65. The molecule has 3 nitrogen and oxygen atoms in total. The summed E-state index contributed by atoms with van der Waals surface area (Å²) in [6.07, 6.45) is 2.02. The fourth-order valence-corrected chi connectivity index (χ4v) is 1.00. The monoisotopic (exact) mass is 166 g/mol. The molecule has 0 aliphatic rings. The third kappa shape index (κ3) is 1.74. The molecule has 0 aliphatic heterocycles. The van der Waals surface area contributed by atoms with E-state index in [9.17, 15) is 0 Å². The van der Waals surface area contributed by atoms with Crippen LogP contribution in [-0.4, -0.2) is 11.7 Å². The minimum atomic E-state index is 0.573. The van der Waals surface area contributed by atoms with Crippen molar-refractivity contribution in [3.8, 4) is 0 Å². The van der Waals surface area contributed by atoms with Crippen molar-refractivity contribution in [2.75, 3.05) is 6.54 Å². The van der Waals surface area contributed by atoms with Crippen molar-refractivity contribution in [3.63, 3.8) is 0 Å².